The van der Waals surface area contributed by atoms with Crippen molar-refractivity contribution >= 4 is 39.8 Å². The average molecular weight is 462 g/mol. The fraction of sp³-hybridized carbons (Fsp3) is 0.273. The Kier molecular flexibility index (Phi) is 5.60. The summed E-state index contributed by atoms with van der Waals surface area (Å²) < 4.78 is 28.2. The van der Waals surface area contributed by atoms with E-state index in [1.807, 2.05) is 6.92 Å². The van der Waals surface area contributed by atoms with Gasteiger partial charge in [0.25, 0.3) is 0 Å². The number of benzene rings is 2. The SMILES string of the molecule is Cc1cc(OCCNc2c(F)c(N)c3c(=O)c(C(=O)O)cn4c3c2OC[C@@H]4C)ccc1Cl. The van der Waals surface area contributed by atoms with Crippen LogP contribution < -0.4 is 26.0 Å². The van der Waals surface area contributed by atoms with Crippen LogP contribution in [0.15, 0.2) is 29.2 Å². The summed E-state index contributed by atoms with van der Waals surface area (Å²) in [5, 5.41) is 12.7. The Morgan fingerprint density at radius 3 is 2.91 bits per heavy atom. The minimum absolute atomic E-state index is 0.00554. The summed E-state index contributed by atoms with van der Waals surface area (Å²) >= 11 is 6.01. The highest BCUT2D eigenvalue weighted by molar-refractivity contribution is 6.31. The fourth-order valence-corrected chi connectivity index (χ4v) is 3.83. The Labute approximate surface area is 187 Å². The van der Waals surface area contributed by atoms with Crippen molar-refractivity contribution in [2.75, 3.05) is 30.8 Å². The third-order valence-electron chi connectivity index (χ3n) is 5.38. The van der Waals surface area contributed by atoms with Crippen LogP contribution in [-0.2, 0) is 0 Å². The number of carbonyl (C=O) groups is 1. The summed E-state index contributed by atoms with van der Waals surface area (Å²) in [5.41, 5.74) is 5.32. The van der Waals surface area contributed by atoms with Crippen LogP contribution in [0.1, 0.15) is 28.9 Å². The molecule has 0 unspecified atom stereocenters. The van der Waals surface area contributed by atoms with Gasteiger partial charge < -0.3 is 30.2 Å². The molecule has 8 nitrogen and oxygen atoms in total. The largest absolute Gasteiger partial charge is 0.492 e. The molecule has 0 aliphatic carbocycles. The molecule has 1 aliphatic rings. The van der Waals surface area contributed by atoms with Gasteiger partial charge in [0.05, 0.1) is 22.6 Å². The summed E-state index contributed by atoms with van der Waals surface area (Å²) in [4.78, 5) is 24.3. The molecule has 4 rings (SSSR count). The first-order valence-corrected chi connectivity index (χ1v) is 10.3. The summed E-state index contributed by atoms with van der Waals surface area (Å²) in [6.45, 7) is 4.25. The number of pyridine rings is 1. The van der Waals surface area contributed by atoms with Crippen LogP contribution in [0.3, 0.4) is 0 Å². The molecule has 0 bridgehead atoms. The van der Waals surface area contributed by atoms with E-state index < -0.39 is 28.5 Å². The van der Waals surface area contributed by atoms with E-state index >= 15 is 4.39 Å². The van der Waals surface area contributed by atoms with Gasteiger partial charge >= 0.3 is 5.97 Å². The van der Waals surface area contributed by atoms with E-state index in [-0.39, 0.29) is 48.1 Å². The molecule has 1 aromatic heterocycles. The van der Waals surface area contributed by atoms with Gasteiger partial charge in [-0.05, 0) is 37.6 Å². The summed E-state index contributed by atoms with van der Waals surface area (Å²) in [6.07, 6.45) is 1.25. The molecule has 0 saturated heterocycles. The van der Waals surface area contributed by atoms with Gasteiger partial charge in [-0.2, -0.15) is 0 Å². The van der Waals surface area contributed by atoms with Gasteiger partial charge in [-0.25, -0.2) is 9.18 Å². The lowest BCUT2D eigenvalue weighted by Gasteiger charge is -2.29. The Bertz CT molecular complexity index is 1310. The van der Waals surface area contributed by atoms with Crippen molar-refractivity contribution in [3.05, 3.63) is 56.6 Å². The van der Waals surface area contributed by atoms with Gasteiger partial charge in [-0.15, -0.1) is 0 Å². The highest BCUT2D eigenvalue weighted by Gasteiger charge is 2.30. The van der Waals surface area contributed by atoms with Gasteiger partial charge in [-0.1, -0.05) is 11.6 Å². The van der Waals surface area contributed by atoms with Crippen molar-refractivity contribution < 1.29 is 23.8 Å². The molecule has 2 heterocycles. The van der Waals surface area contributed by atoms with Gasteiger partial charge in [0.2, 0.25) is 5.43 Å². The topological polar surface area (TPSA) is 116 Å². The van der Waals surface area contributed by atoms with E-state index in [1.54, 1.807) is 29.7 Å². The number of carboxylic acid groups (broad SMARTS) is 1. The lowest BCUT2D eigenvalue weighted by Crippen LogP contribution is -2.28. The summed E-state index contributed by atoms with van der Waals surface area (Å²) in [7, 11) is 0. The number of nitrogens with zero attached hydrogens (tertiary/aromatic N) is 1. The monoisotopic (exact) mass is 461 g/mol. The molecule has 0 radical (unpaired) electrons. The van der Waals surface area contributed by atoms with Crippen molar-refractivity contribution in [3.8, 4) is 11.5 Å². The Hall–Kier alpha value is -3.46. The maximum Gasteiger partial charge on any atom is 0.341 e. The second-order valence-corrected chi connectivity index (χ2v) is 7.99. The minimum Gasteiger partial charge on any atom is -0.492 e. The van der Waals surface area contributed by atoms with Gasteiger partial charge in [0, 0.05) is 17.8 Å². The number of carboxylic acids is 1. The number of rotatable bonds is 6. The number of aromatic nitrogens is 1. The molecular weight excluding hydrogens is 441 g/mol. The quantitative estimate of drug-likeness (QED) is 0.377. The molecule has 0 amide bonds. The van der Waals surface area contributed by atoms with E-state index in [0.717, 1.165) is 5.56 Å². The van der Waals surface area contributed by atoms with E-state index in [0.29, 0.717) is 10.8 Å². The van der Waals surface area contributed by atoms with Crippen LogP contribution in [0.25, 0.3) is 10.9 Å². The van der Waals surface area contributed by atoms with Crippen molar-refractivity contribution in [2.45, 2.75) is 19.9 Å². The van der Waals surface area contributed by atoms with Crippen molar-refractivity contribution in [1.29, 1.82) is 0 Å². The first-order valence-electron chi connectivity index (χ1n) is 9.89. The van der Waals surface area contributed by atoms with E-state index in [1.165, 1.54) is 6.20 Å². The number of nitrogen functional groups attached to an aromatic ring is 1. The normalized spacial score (nSPS) is 14.8. The number of anilines is 2. The van der Waals surface area contributed by atoms with Gasteiger partial charge in [0.15, 0.2) is 11.6 Å². The third-order valence-corrected chi connectivity index (χ3v) is 5.80. The Morgan fingerprint density at radius 1 is 1.47 bits per heavy atom. The smallest absolute Gasteiger partial charge is 0.341 e. The molecule has 1 atom stereocenters. The number of aryl methyl sites for hydroxylation is 1. The lowest BCUT2D eigenvalue weighted by atomic mass is 10.0. The molecule has 32 heavy (non-hydrogen) atoms. The van der Waals surface area contributed by atoms with E-state index in [9.17, 15) is 14.7 Å². The highest BCUT2D eigenvalue weighted by atomic mass is 35.5. The maximum absolute atomic E-state index is 15.2. The van der Waals surface area contributed by atoms with Crippen molar-refractivity contribution in [3.63, 3.8) is 0 Å². The number of nitrogens with two attached hydrogens (primary N) is 1. The average Bonchev–Trinajstić information content (AvgIpc) is 2.75. The second-order valence-electron chi connectivity index (χ2n) is 7.59. The van der Waals surface area contributed by atoms with Gasteiger partial charge in [0.1, 0.15) is 30.2 Å². The molecule has 1 aliphatic heterocycles. The minimum atomic E-state index is -1.41. The second kappa shape index (κ2) is 8.23. The molecule has 2 aromatic carbocycles. The zero-order valence-corrected chi connectivity index (χ0v) is 18.1. The molecule has 0 spiro atoms. The Balaban J connectivity index is 1.69. The molecule has 4 N–H and O–H groups in total. The molecule has 0 fully saturated rings. The van der Waals surface area contributed by atoms with Crippen molar-refractivity contribution in [2.24, 2.45) is 0 Å². The number of nitrogens with one attached hydrogen (secondary N) is 1. The zero-order valence-electron chi connectivity index (χ0n) is 17.4. The van der Waals surface area contributed by atoms with Crippen LogP contribution in [0, 0.1) is 12.7 Å². The van der Waals surface area contributed by atoms with E-state index in [2.05, 4.69) is 5.32 Å². The van der Waals surface area contributed by atoms with Gasteiger partial charge in [-0.3, -0.25) is 4.79 Å². The highest BCUT2D eigenvalue weighted by Crippen LogP contribution is 2.43. The maximum atomic E-state index is 15.2. The van der Waals surface area contributed by atoms with Crippen LogP contribution in [0.4, 0.5) is 15.8 Å². The van der Waals surface area contributed by atoms with Crippen LogP contribution in [0.5, 0.6) is 11.5 Å². The molecule has 10 heteroatoms. The summed E-state index contributed by atoms with van der Waals surface area (Å²) in [5.74, 6) is -1.55. The standard InChI is InChI=1S/C22H21ClFN3O5/c1-10-7-12(3-4-14(10)23)31-6-5-26-18-16(24)17(25)15-19-21(18)32-9-11(2)27(19)8-13(20(15)28)22(29)30/h3-4,7-8,11,26H,5-6,9,25H2,1-2H3,(H,29,30)/t11-/m0/s1. The zero-order chi connectivity index (χ0) is 23.2. The number of ether oxygens (including phenoxy) is 2. The van der Waals surface area contributed by atoms with Crippen LogP contribution in [0.2, 0.25) is 5.02 Å². The third kappa shape index (κ3) is 3.58. The van der Waals surface area contributed by atoms with Crippen molar-refractivity contribution in [1.82, 2.24) is 4.57 Å². The number of halogens is 2. The predicted molar refractivity (Wildman–Crippen MR) is 120 cm³/mol. The first-order chi connectivity index (χ1) is 15.2. The first kappa shape index (κ1) is 21.8. The Morgan fingerprint density at radius 2 is 2.22 bits per heavy atom. The van der Waals surface area contributed by atoms with Crippen LogP contribution >= 0.6 is 11.6 Å². The lowest BCUT2D eigenvalue weighted by molar-refractivity contribution is 0.0694. The molecule has 3 aromatic rings. The molecule has 0 saturated carbocycles. The van der Waals surface area contributed by atoms with Crippen LogP contribution in [-0.4, -0.2) is 35.4 Å². The number of hydrogen-bond acceptors (Lipinski definition) is 6. The molecular formula is C22H21ClFN3O5. The number of hydrogen-bond donors (Lipinski definition) is 3. The summed E-state index contributed by atoms with van der Waals surface area (Å²) in [6, 6.07) is 4.98. The predicted octanol–water partition coefficient (Wildman–Crippen LogP) is 3.83. The number of aromatic carboxylic acids is 1. The molecule has 168 valence electrons. The van der Waals surface area contributed by atoms with E-state index in [4.69, 9.17) is 26.8 Å². The fourth-order valence-electron chi connectivity index (χ4n) is 3.71.